The number of nitrogens with two attached hydrogens (primary N) is 1. The van der Waals surface area contributed by atoms with Gasteiger partial charge in [-0.2, -0.15) is 9.29 Å². The number of hydrogen-bond donors (Lipinski definition) is 6. The molecular weight excluding hydrogens is 464 g/mol. The Morgan fingerprint density at radius 2 is 2.03 bits per heavy atom. The molecule has 1 aliphatic heterocycles. The van der Waals surface area contributed by atoms with E-state index in [0.29, 0.717) is 6.61 Å². The third-order valence-electron chi connectivity index (χ3n) is 4.37. The van der Waals surface area contributed by atoms with Gasteiger partial charge in [0.25, 0.3) is 5.56 Å². The summed E-state index contributed by atoms with van der Waals surface area (Å²) in [5.41, 5.74) is 4.94. The Balaban J connectivity index is 1.85. The summed E-state index contributed by atoms with van der Waals surface area (Å²) in [5, 5.41) is 10.8. The highest BCUT2D eigenvalue weighted by Gasteiger charge is 2.46. The fourth-order valence-corrected chi connectivity index (χ4v) is 4.70. The predicted molar refractivity (Wildman–Crippen MR) is 101 cm³/mol. The lowest BCUT2D eigenvalue weighted by Crippen LogP contribution is -2.32. The van der Waals surface area contributed by atoms with Crippen LogP contribution in [0.3, 0.4) is 0 Å². The van der Waals surface area contributed by atoms with Crippen LogP contribution in [-0.4, -0.2) is 71.3 Å². The maximum absolute atomic E-state index is 12.0. The fraction of sp³-hybridized carbons (Fsp3) is 0.615. The maximum atomic E-state index is 12.0. The van der Waals surface area contributed by atoms with E-state index in [1.54, 1.807) is 6.92 Å². The molecule has 1 aliphatic rings. The molecule has 0 amide bonds. The smallest absolute Gasteiger partial charge is 0.388 e. The Morgan fingerprint density at radius 3 is 2.68 bits per heavy atom. The highest BCUT2D eigenvalue weighted by molar-refractivity contribution is 7.60. The van der Waals surface area contributed by atoms with Crippen molar-refractivity contribution < 1.29 is 47.2 Å². The zero-order valence-corrected chi connectivity index (χ0v) is 17.8. The van der Waals surface area contributed by atoms with Crippen molar-refractivity contribution in [2.45, 2.75) is 25.4 Å². The Kier molecular flexibility index (Phi) is 6.98. The number of aliphatic hydroxyl groups is 1. The quantitative estimate of drug-likeness (QED) is 0.230. The van der Waals surface area contributed by atoms with Crippen molar-refractivity contribution >= 4 is 32.8 Å². The van der Waals surface area contributed by atoms with Crippen LogP contribution in [0.1, 0.15) is 13.2 Å². The number of hydrogen-bond acceptors (Lipinski definition) is 11. The minimum atomic E-state index is -5.30. The number of phosphoric ester groups is 1. The summed E-state index contributed by atoms with van der Waals surface area (Å²) in [5.74, 6) is -0.981. The molecule has 31 heavy (non-hydrogen) atoms. The summed E-state index contributed by atoms with van der Waals surface area (Å²) >= 11 is 0. The highest BCUT2D eigenvalue weighted by atomic mass is 31.3. The molecule has 0 saturated carbocycles. The average Bonchev–Trinajstić information content (AvgIpc) is 3.17. The van der Waals surface area contributed by atoms with Crippen LogP contribution in [-0.2, 0) is 27.4 Å². The molecule has 16 nitrogen and oxygen atoms in total. The Morgan fingerprint density at radius 1 is 1.32 bits per heavy atom. The van der Waals surface area contributed by atoms with E-state index in [0.717, 1.165) is 0 Å². The van der Waals surface area contributed by atoms with Crippen LogP contribution in [0.15, 0.2) is 11.1 Å². The molecule has 0 aromatic carbocycles. The second kappa shape index (κ2) is 9.03. The number of nitrogens with zero attached hydrogens (tertiary/aromatic N) is 3. The molecule has 0 aliphatic carbocycles. The molecule has 3 heterocycles. The molecule has 2 aromatic heterocycles. The molecule has 1 fully saturated rings. The van der Waals surface area contributed by atoms with Gasteiger partial charge in [-0.1, -0.05) is 0 Å². The number of H-pyrrole nitrogens is 1. The van der Waals surface area contributed by atoms with Crippen molar-refractivity contribution in [1.82, 2.24) is 19.5 Å². The van der Waals surface area contributed by atoms with Crippen LogP contribution < -0.4 is 11.3 Å². The SMILES string of the molecule is CCOC[C@H]1[C@@H](O)[C@H](n2cnc3c(=O)[nH]c(N)nc32)O[C@@H]1COP(=O)(O)OP(=O)(O)O. The summed E-state index contributed by atoms with van der Waals surface area (Å²) in [6, 6.07) is 0. The summed E-state index contributed by atoms with van der Waals surface area (Å²) in [6.45, 7) is 1.29. The van der Waals surface area contributed by atoms with E-state index >= 15 is 0 Å². The molecule has 0 radical (unpaired) electrons. The molecular formula is C13H21N5O11P2. The second-order valence-electron chi connectivity index (χ2n) is 6.49. The van der Waals surface area contributed by atoms with Crippen molar-refractivity contribution in [1.29, 1.82) is 0 Å². The molecule has 18 heteroatoms. The number of anilines is 1. The van der Waals surface area contributed by atoms with Gasteiger partial charge in [0.2, 0.25) is 5.95 Å². The molecule has 174 valence electrons. The van der Waals surface area contributed by atoms with Crippen LogP contribution in [0.2, 0.25) is 0 Å². The number of nitrogens with one attached hydrogen (secondary N) is 1. The number of aromatic nitrogens is 4. The maximum Gasteiger partial charge on any atom is 0.481 e. The van der Waals surface area contributed by atoms with Crippen molar-refractivity contribution in [2.24, 2.45) is 5.92 Å². The largest absolute Gasteiger partial charge is 0.481 e. The molecule has 3 rings (SSSR count). The number of rotatable bonds is 9. The number of phosphoric acid groups is 2. The molecule has 1 unspecified atom stereocenters. The number of nitrogen functional groups attached to an aromatic ring is 1. The zero-order valence-electron chi connectivity index (χ0n) is 16.0. The van der Waals surface area contributed by atoms with Crippen molar-refractivity contribution in [3.05, 3.63) is 16.7 Å². The van der Waals surface area contributed by atoms with Gasteiger partial charge >= 0.3 is 15.6 Å². The lowest BCUT2D eigenvalue weighted by atomic mass is 9.99. The Labute approximate surface area is 173 Å². The normalized spacial score (nSPS) is 26.4. The average molecular weight is 485 g/mol. The first-order valence-electron chi connectivity index (χ1n) is 8.79. The highest BCUT2D eigenvalue weighted by Crippen LogP contribution is 2.57. The van der Waals surface area contributed by atoms with Gasteiger partial charge in [0.15, 0.2) is 17.4 Å². The summed E-state index contributed by atoms with van der Waals surface area (Å²) in [7, 11) is -10.4. The minimum Gasteiger partial charge on any atom is -0.388 e. The van der Waals surface area contributed by atoms with Crippen molar-refractivity contribution in [2.75, 3.05) is 25.6 Å². The second-order valence-corrected chi connectivity index (χ2v) is 9.32. The molecule has 1 saturated heterocycles. The van der Waals surface area contributed by atoms with Gasteiger partial charge in [0.05, 0.1) is 25.6 Å². The van der Waals surface area contributed by atoms with Crippen molar-refractivity contribution in [3.8, 4) is 0 Å². The van der Waals surface area contributed by atoms with E-state index in [2.05, 4.69) is 23.8 Å². The first kappa shape index (κ1) is 23.9. The summed E-state index contributed by atoms with van der Waals surface area (Å²) in [6.07, 6.45) is -2.28. The zero-order chi connectivity index (χ0) is 23.0. The van der Waals surface area contributed by atoms with Gasteiger partial charge in [-0.05, 0) is 6.92 Å². The van der Waals surface area contributed by atoms with E-state index in [1.807, 2.05) is 0 Å². The fourth-order valence-electron chi connectivity index (χ4n) is 3.10. The van der Waals surface area contributed by atoms with Gasteiger partial charge in [-0.3, -0.25) is 18.9 Å². The molecule has 5 atom stereocenters. The Bertz CT molecular complexity index is 1080. The predicted octanol–water partition coefficient (Wildman–Crippen LogP) is -1.16. The lowest BCUT2D eigenvalue weighted by molar-refractivity contribution is -0.0494. The van der Waals surface area contributed by atoms with Crippen LogP contribution in [0.5, 0.6) is 0 Å². The monoisotopic (exact) mass is 485 g/mol. The van der Waals surface area contributed by atoms with Crippen LogP contribution in [0, 0.1) is 5.92 Å². The number of fused-ring (bicyclic) bond motifs is 1. The number of aromatic amines is 1. The van der Waals surface area contributed by atoms with Gasteiger partial charge < -0.3 is 35.0 Å². The lowest BCUT2D eigenvalue weighted by Gasteiger charge is -2.20. The minimum absolute atomic E-state index is 0.0275. The third-order valence-corrected chi connectivity index (χ3v) is 6.53. The molecule has 2 aromatic rings. The number of aliphatic hydroxyl groups excluding tert-OH is 1. The topological polar surface area (TPSA) is 242 Å². The molecule has 7 N–H and O–H groups in total. The van der Waals surface area contributed by atoms with Crippen LogP contribution >= 0.6 is 15.6 Å². The van der Waals surface area contributed by atoms with Gasteiger partial charge in [-0.15, -0.1) is 0 Å². The van der Waals surface area contributed by atoms with Crippen LogP contribution in [0.25, 0.3) is 11.2 Å². The molecule has 0 bridgehead atoms. The summed E-state index contributed by atoms with van der Waals surface area (Å²) < 4.78 is 43.2. The van der Waals surface area contributed by atoms with E-state index in [1.165, 1.54) is 10.9 Å². The first-order chi connectivity index (χ1) is 14.4. The molecule has 0 spiro atoms. The van der Waals surface area contributed by atoms with Gasteiger partial charge in [0, 0.05) is 12.5 Å². The summed E-state index contributed by atoms with van der Waals surface area (Å²) in [4.78, 5) is 49.1. The van der Waals surface area contributed by atoms with Crippen molar-refractivity contribution in [3.63, 3.8) is 0 Å². The van der Waals surface area contributed by atoms with E-state index in [-0.39, 0.29) is 23.7 Å². The van der Waals surface area contributed by atoms with E-state index in [9.17, 15) is 23.9 Å². The standard InChI is InChI=1S/C13H21N5O11P2/c1-2-26-3-6-7(4-27-31(24,25)29-30(21,22)23)28-12(9(6)19)18-5-15-8-10(18)16-13(14)17-11(8)20/h5-7,9,12,19H,2-4H2,1H3,(H,24,25)(H2,21,22,23)(H3,14,16,17,20)/t6-,7-,9-,12-/m1/s1. The third kappa shape index (κ3) is 5.56. The van der Waals surface area contributed by atoms with E-state index < -0.39 is 52.2 Å². The number of ether oxygens (including phenoxy) is 2. The van der Waals surface area contributed by atoms with E-state index in [4.69, 9.17) is 25.0 Å². The first-order valence-corrected chi connectivity index (χ1v) is 11.8. The number of imidazole rings is 1. The van der Waals surface area contributed by atoms with Gasteiger partial charge in [-0.25, -0.2) is 14.1 Å². The van der Waals surface area contributed by atoms with Crippen LogP contribution in [0.4, 0.5) is 5.95 Å². The Hall–Kier alpha value is -1.71. The van der Waals surface area contributed by atoms with Gasteiger partial charge in [0.1, 0.15) is 6.10 Å².